The SMILES string of the molecule is Cc1ccc(S(=O)(=O)C2=C(N3CCCC3)CC(C)(C)C/C2=C(/C#N)C(=O)OCC(COC(=O)/C(C#N)=C2\CC(C)(C)CC(N3CCCC3)=C2S(=O)(=O)c2ccc(C)cc2)COC(=O)/C(C#N)=C2\CC(C)(C)CC(N3CCCC3)=C2S(=O)(=O)c2ccc(C)cc2)cc1. The molecule has 0 bridgehead atoms. The van der Waals surface area contributed by atoms with Crippen molar-refractivity contribution in [1.82, 2.24) is 14.7 Å². The zero-order valence-electron chi connectivity index (χ0n) is 53.7. The maximum Gasteiger partial charge on any atom is 0.349 e. The molecule has 0 aromatic heterocycles. The van der Waals surface area contributed by atoms with Gasteiger partial charge in [0, 0.05) is 56.4 Å². The highest BCUT2D eigenvalue weighted by Gasteiger charge is 2.46. The number of rotatable bonds is 18. The van der Waals surface area contributed by atoms with Gasteiger partial charge < -0.3 is 28.9 Å². The summed E-state index contributed by atoms with van der Waals surface area (Å²) >= 11 is 0. The average Bonchev–Trinajstić information content (AvgIpc) is 1.43. The second-order valence-electron chi connectivity index (χ2n) is 27.5. The minimum Gasteiger partial charge on any atom is -0.461 e. The quantitative estimate of drug-likeness (QED) is 0.0496. The summed E-state index contributed by atoms with van der Waals surface area (Å²) in [5.41, 5.74) is 0.0000833. The molecule has 3 aromatic rings. The van der Waals surface area contributed by atoms with Gasteiger partial charge in [-0.3, -0.25) is 0 Å². The predicted octanol–water partition coefficient (Wildman–Crippen LogP) is 11.4. The number of likely N-dealkylation sites (tertiary alicyclic amines) is 3. The fourth-order valence-electron chi connectivity index (χ4n) is 13.4. The van der Waals surface area contributed by atoms with Crippen LogP contribution >= 0.6 is 0 Å². The molecule has 482 valence electrons. The van der Waals surface area contributed by atoms with Crippen molar-refractivity contribution in [2.75, 3.05) is 59.1 Å². The van der Waals surface area contributed by atoms with E-state index in [0.29, 0.717) is 75.6 Å². The molecule has 0 saturated carbocycles. The fourth-order valence-corrected chi connectivity index (χ4v) is 18.6. The molecule has 9 rings (SSSR count). The van der Waals surface area contributed by atoms with Crippen LogP contribution in [0.4, 0.5) is 0 Å². The van der Waals surface area contributed by atoms with Gasteiger partial charge in [0.25, 0.3) is 0 Å². The van der Waals surface area contributed by atoms with Crippen molar-refractivity contribution in [1.29, 1.82) is 15.8 Å². The van der Waals surface area contributed by atoms with Crippen LogP contribution in [0.1, 0.15) is 135 Å². The lowest BCUT2D eigenvalue weighted by Crippen LogP contribution is -2.34. The molecule has 0 N–H and O–H groups in total. The maximum absolute atomic E-state index is 15.0. The number of aryl methyl sites for hydroxylation is 3. The number of hydrogen-bond donors (Lipinski definition) is 0. The first-order chi connectivity index (χ1) is 42.9. The van der Waals surface area contributed by atoms with Crippen molar-refractivity contribution >= 4 is 47.4 Å². The number of sulfone groups is 3. The number of carbonyl (C=O) groups excluding carboxylic acids is 3. The minimum atomic E-state index is -4.40. The van der Waals surface area contributed by atoms with Gasteiger partial charge in [-0.1, -0.05) is 94.6 Å². The van der Waals surface area contributed by atoms with Crippen molar-refractivity contribution in [3.63, 3.8) is 0 Å². The highest BCUT2D eigenvalue weighted by atomic mass is 32.2. The topological polar surface area (TPSA) is 262 Å². The number of hydrogen-bond acceptors (Lipinski definition) is 18. The molecular weight excluding hydrogens is 1210 g/mol. The van der Waals surface area contributed by atoms with Crippen LogP contribution in [0.3, 0.4) is 0 Å². The van der Waals surface area contributed by atoms with Crippen LogP contribution in [0.25, 0.3) is 0 Å². The lowest BCUT2D eigenvalue weighted by Gasteiger charge is -2.39. The predicted molar refractivity (Wildman–Crippen MR) is 342 cm³/mol. The zero-order chi connectivity index (χ0) is 66.0. The van der Waals surface area contributed by atoms with Gasteiger partial charge >= 0.3 is 17.9 Å². The van der Waals surface area contributed by atoms with Crippen molar-refractivity contribution in [3.05, 3.63) is 155 Å². The molecular formula is C70H82N6O12S3. The summed E-state index contributed by atoms with van der Waals surface area (Å²) in [7, 11) is -13.2. The molecule has 3 aliphatic heterocycles. The normalized spacial score (nSPS) is 21.1. The summed E-state index contributed by atoms with van der Waals surface area (Å²) in [5, 5.41) is 33.1. The second-order valence-corrected chi connectivity index (χ2v) is 33.1. The fraction of sp³-hybridized carbons (Fsp3) is 0.486. The zero-order valence-corrected chi connectivity index (χ0v) is 56.1. The van der Waals surface area contributed by atoms with Gasteiger partial charge in [0.15, 0.2) is 0 Å². The Morgan fingerprint density at radius 3 is 0.835 bits per heavy atom. The van der Waals surface area contributed by atoms with E-state index in [2.05, 4.69) is 0 Å². The molecule has 3 aliphatic carbocycles. The first-order valence-electron chi connectivity index (χ1n) is 31.2. The van der Waals surface area contributed by atoms with Gasteiger partial charge in [0.05, 0.1) is 35.3 Å². The van der Waals surface area contributed by atoms with E-state index in [4.69, 9.17) is 14.2 Å². The van der Waals surface area contributed by atoms with E-state index >= 15 is 25.3 Å². The molecule has 21 heteroatoms. The smallest absolute Gasteiger partial charge is 0.349 e. The van der Waals surface area contributed by atoms with Crippen LogP contribution in [-0.4, -0.2) is 117 Å². The van der Waals surface area contributed by atoms with Crippen LogP contribution in [-0.2, 0) is 58.1 Å². The summed E-state index contributed by atoms with van der Waals surface area (Å²) in [6.45, 7) is 18.0. The molecule has 3 heterocycles. The van der Waals surface area contributed by atoms with Crippen LogP contribution in [0, 0.1) is 76.9 Å². The van der Waals surface area contributed by atoms with Gasteiger partial charge in [-0.2, -0.15) is 15.8 Å². The second kappa shape index (κ2) is 26.8. The number of nitriles is 3. The van der Waals surface area contributed by atoms with Gasteiger partial charge in [0.1, 0.15) is 54.7 Å². The molecule has 3 aromatic carbocycles. The van der Waals surface area contributed by atoms with Gasteiger partial charge in [0.2, 0.25) is 29.5 Å². The number of esters is 3. The molecule has 3 saturated heterocycles. The largest absolute Gasteiger partial charge is 0.461 e. The van der Waals surface area contributed by atoms with Crippen LogP contribution in [0.5, 0.6) is 0 Å². The highest BCUT2D eigenvalue weighted by Crippen LogP contribution is 2.51. The Bertz CT molecular complexity index is 3670. The third-order valence-corrected chi connectivity index (χ3v) is 23.7. The standard InChI is InChI=1S/C70H82N6O12S3/c1-46-16-22-50(23-17-46)89(80,81)62-53(34-68(4,5)37-59(62)74-28-10-11-29-74)56(40-71)65(77)86-43-49(44-87-66(78)57(41-72)54-35-69(6,7)38-60(75-30-12-13-31-75)63(54)90(82,83)51-24-18-47(2)19-25-51)45-88-67(79)58(42-73)55-36-70(8,9)39-61(76-32-14-15-33-76)64(55)91(84,85)52-26-20-48(3)21-27-52/h16-27,49H,10-15,28-39,43-45H2,1-9H3/b56-53+,57-54+,58-55+. The molecule has 91 heavy (non-hydrogen) atoms. The Kier molecular flexibility index (Phi) is 19.9. The van der Waals surface area contributed by atoms with E-state index in [1.807, 2.05) is 95.2 Å². The Balaban J connectivity index is 1.12. The highest BCUT2D eigenvalue weighted by molar-refractivity contribution is 7.96. The number of allylic oxidation sites excluding steroid dienone is 6. The Morgan fingerprint density at radius 2 is 0.626 bits per heavy atom. The van der Waals surface area contributed by atoms with E-state index in [1.54, 1.807) is 36.4 Å². The Morgan fingerprint density at radius 1 is 0.407 bits per heavy atom. The monoisotopic (exact) mass is 1290 g/mol. The van der Waals surface area contributed by atoms with Gasteiger partial charge in [-0.15, -0.1) is 0 Å². The molecule has 18 nitrogen and oxygen atoms in total. The van der Waals surface area contributed by atoms with Crippen LogP contribution in [0.2, 0.25) is 0 Å². The summed E-state index contributed by atoms with van der Waals surface area (Å²) in [6.07, 6.45) is 5.72. The van der Waals surface area contributed by atoms with Crippen LogP contribution in [0.15, 0.2) is 153 Å². The van der Waals surface area contributed by atoms with Crippen molar-refractivity contribution in [2.24, 2.45) is 22.2 Å². The Labute approximate surface area is 537 Å². The van der Waals surface area contributed by atoms with Gasteiger partial charge in [-0.05, 0) is 167 Å². The van der Waals surface area contributed by atoms with E-state index in [9.17, 15) is 30.2 Å². The summed E-state index contributed by atoms with van der Waals surface area (Å²) in [6, 6.07) is 24.8. The molecule has 0 atom stereocenters. The molecule has 0 unspecified atom stereocenters. The first kappa shape index (κ1) is 67.6. The van der Waals surface area contributed by atoms with E-state index < -0.39 is 106 Å². The Hall–Kier alpha value is -7.77. The lowest BCUT2D eigenvalue weighted by atomic mass is 9.75. The molecule has 6 aliphatic rings. The molecule has 0 amide bonds. The summed E-state index contributed by atoms with van der Waals surface area (Å²) in [4.78, 5) is 49.9. The summed E-state index contributed by atoms with van der Waals surface area (Å²) < 4.78 is 108. The van der Waals surface area contributed by atoms with Crippen molar-refractivity contribution < 1.29 is 53.8 Å². The average molecular weight is 1300 g/mol. The minimum absolute atomic E-state index is 0.0166. The molecule has 0 radical (unpaired) electrons. The van der Waals surface area contributed by atoms with E-state index in [1.165, 1.54) is 36.4 Å². The van der Waals surface area contributed by atoms with Crippen LogP contribution < -0.4 is 0 Å². The van der Waals surface area contributed by atoms with E-state index in [0.717, 1.165) is 55.2 Å². The molecule has 0 spiro atoms. The summed E-state index contributed by atoms with van der Waals surface area (Å²) in [5.74, 6) is -5.06. The van der Waals surface area contributed by atoms with Crippen molar-refractivity contribution in [2.45, 2.75) is 154 Å². The van der Waals surface area contributed by atoms with E-state index in [-0.39, 0.29) is 65.4 Å². The third kappa shape index (κ3) is 14.6. The third-order valence-electron chi connectivity index (χ3n) is 18.0. The molecule has 3 fully saturated rings. The van der Waals surface area contributed by atoms with Crippen molar-refractivity contribution in [3.8, 4) is 18.2 Å². The number of benzene rings is 3. The number of nitrogens with zero attached hydrogens (tertiary/aromatic N) is 6. The first-order valence-corrected chi connectivity index (χ1v) is 35.7. The number of ether oxygens (including phenoxy) is 3. The maximum atomic E-state index is 15.0. The van der Waals surface area contributed by atoms with Gasteiger partial charge in [-0.25, -0.2) is 39.6 Å². The number of carbonyl (C=O) groups is 3. The lowest BCUT2D eigenvalue weighted by molar-refractivity contribution is -0.148.